The zero-order valence-corrected chi connectivity index (χ0v) is 17.8. The summed E-state index contributed by atoms with van der Waals surface area (Å²) in [5.74, 6) is -0.0149. The molecule has 3 aromatic rings. The van der Waals surface area contributed by atoms with Crippen LogP contribution in [0.1, 0.15) is 48.8 Å². The normalized spacial score (nSPS) is 12.2. The SMILES string of the molecule is CCC(CCN(C)C(=O)CCCc1cn2cccc2c(=O)[nH]1)C(=O)c1cncn1C. The number of rotatable bonds is 10. The topological polar surface area (TPSA) is 92.5 Å². The van der Waals surface area contributed by atoms with Gasteiger partial charge in [0.05, 0.1) is 12.5 Å². The first-order chi connectivity index (χ1) is 14.4. The first-order valence-electron chi connectivity index (χ1n) is 10.3. The number of nitrogens with zero attached hydrogens (tertiary/aromatic N) is 4. The predicted molar refractivity (Wildman–Crippen MR) is 115 cm³/mol. The number of aromatic nitrogens is 4. The fraction of sp³-hybridized carbons (Fsp3) is 0.455. The van der Waals surface area contributed by atoms with Crippen LogP contribution in [0.5, 0.6) is 0 Å². The van der Waals surface area contributed by atoms with Crippen molar-refractivity contribution in [2.24, 2.45) is 13.0 Å². The van der Waals surface area contributed by atoms with Gasteiger partial charge in [-0.2, -0.15) is 0 Å². The molecule has 160 valence electrons. The van der Waals surface area contributed by atoms with E-state index in [4.69, 9.17) is 0 Å². The summed E-state index contributed by atoms with van der Waals surface area (Å²) in [6.45, 7) is 2.52. The number of nitrogens with one attached hydrogen (secondary N) is 1. The molecule has 1 N–H and O–H groups in total. The second kappa shape index (κ2) is 9.56. The van der Waals surface area contributed by atoms with Crippen molar-refractivity contribution in [1.82, 2.24) is 23.8 Å². The Morgan fingerprint density at radius 3 is 2.83 bits per heavy atom. The summed E-state index contributed by atoms with van der Waals surface area (Å²) in [6, 6.07) is 3.60. The lowest BCUT2D eigenvalue weighted by atomic mass is 9.95. The highest BCUT2D eigenvalue weighted by Crippen LogP contribution is 2.16. The molecule has 1 unspecified atom stereocenters. The van der Waals surface area contributed by atoms with Gasteiger partial charge in [0.1, 0.15) is 11.2 Å². The first-order valence-corrected chi connectivity index (χ1v) is 10.3. The van der Waals surface area contributed by atoms with Gasteiger partial charge in [-0.25, -0.2) is 4.98 Å². The maximum absolute atomic E-state index is 12.7. The van der Waals surface area contributed by atoms with Crippen molar-refractivity contribution < 1.29 is 9.59 Å². The summed E-state index contributed by atoms with van der Waals surface area (Å²) < 4.78 is 3.53. The Morgan fingerprint density at radius 2 is 2.13 bits per heavy atom. The Hall–Kier alpha value is -3.16. The maximum Gasteiger partial charge on any atom is 0.272 e. The molecule has 0 spiro atoms. The van der Waals surface area contributed by atoms with Gasteiger partial charge in [-0.1, -0.05) is 6.92 Å². The van der Waals surface area contributed by atoms with Gasteiger partial charge in [-0.05, 0) is 37.8 Å². The number of amides is 1. The minimum absolute atomic E-state index is 0.0437. The number of carbonyl (C=O) groups is 2. The lowest BCUT2D eigenvalue weighted by Crippen LogP contribution is -2.30. The van der Waals surface area contributed by atoms with E-state index in [1.807, 2.05) is 32.4 Å². The molecule has 0 saturated carbocycles. The second-order valence-electron chi connectivity index (χ2n) is 7.73. The first kappa shape index (κ1) is 21.5. The van der Waals surface area contributed by atoms with Crippen molar-refractivity contribution in [1.29, 1.82) is 0 Å². The smallest absolute Gasteiger partial charge is 0.272 e. The largest absolute Gasteiger partial charge is 0.346 e. The van der Waals surface area contributed by atoms with Crippen LogP contribution in [-0.2, 0) is 18.3 Å². The standard InChI is InChI=1S/C22H29N5O3/c1-4-16(21(29)19-13-23-15-26(19)3)10-12-25(2)20(28)9-5-7-17-14-27-11-6-8-18(27)22(30)24-17/h6,8,11,13-16H,4-5,7,9-10,12H2,1-3H3,(H,24,30). The molecule has 0 bridgehead atoms. The minimum atomic E-state index is -0.131. The van der Waals surface area contributed by atoms with Gasteiger partial charge in [0.15, 0.2) is 5.78 Å². The molecule has 8 nitrogen and oxygen atoms in total. The highest BCUT2D eigenvalue weighted by Gasteiger charge is 2.22. The number of carbonyl (C=O) groups excluding carboxylic acids is 2. The van der Waals surface area contributed by atoms with Crippen LogP contribution in [-0.4, -0.2) is 49.1 Å². The van der Waals surface area contributed by atoms with E-state index >= 15 is 0 Å². The number of hydrogen-bond acceptors (Lipinski definition) is 4. The van der Waals surface area contributed by atoms with Crippen molar-refractivity contribution in [2.75, 3.05) is 13.6 Å². The molecule has 3 rings (SSSR count). The van der Waals surface area contributed by atoms with E-state index in [0.717, 1.165) is 12.1 Å². The van der Waals surface area contributed by atoms with Crippen molar-refractivity contribution in [2.45, 2.75) is 39.0 Å². The lowest BCUT2D eigenvalue weighted by Gasteiger charge is -2.20. The van der Waals surface area contributed by atoms with Gasteiger partial charge in [-0.3, -0.25) is 14.4 Å². The van der Waals surface area contributed by atoms with Crippen molar-refractivity contribution in [3.05, 3.63) is 58.8 Å². The number of aromatic amines is 1. The van der Waals surface area contributed by atoms with Crippen LogP contribution >= 0.6 is 0 Å². The third kappa shape index (κ3) is 4.87. The molecule has 0 aliphatic rings. The van der Waals surface area contributed by atoms with Crippen LogP contribution < -0.4 is 5.56 Å². The fourth-order valence-corrected chi connectivity index (χ4v) is 3.66. The summed E-state index contributed by atoms with van der Waals surface area (Å²) in [7, 11) is 3.58. The molecule has 3 aromatic heterocycles. The third-order valence-electron chi connectivity index (χ3n) is 5.59. The summed E-state index contributed by atoms with van der Waals surface area (Å²) in [5, 5.41) is 0. The molecular weight excluding hydrogens is 382 g/mol. The molecule has 3 heterocycles. The minimum Gasteiger partial charge on any atom is -0.346 e. The number of hydrogen-bond donors (Lipinski definition) is 1. The Bertz CT molecular complexity index is 1080. The molecule has 1 amide bonds. The fourth-order valence-electron chi connectivity index (χ4n) is 3.66. The Labute approximate surface area is 175 Å². The highest BCUT2D eigenvalue weighted by atomic mass is 16.2. The number of aryl methyl sites for hydroxylation is 2. The number of imidazole rings is 1. The molecule has 0 aliphatic carbocycles. The van der Waals surface area contributed by atoms with E-state index in [1.54, 1.807) is 39.5 Å². The van der Waals surface area contributed by atoms with Crippen molar-refractivity contribution >= 4 is 17.2 Å². The van der Waals surface area contributed by atoms with E-state index in [2.05, 4.69) is 9.97 Å². The van der Waals surface area contributed by atoms with Crippen molar-refractivity contribution in [3.63, 3.8) is 0 Å². The molecule has 0 fully saturated rings. The van der Waals surface area contributed by atoms with E-state index in [0.29, 0.717) is 43.4 Å². The zero-order valence-electron chi connectivity index (χ0n) is 17.8. The van der Waals surface area contributed by atoms with E-state index in [1.165, 1.54) is 0 Å². The van der Waals surface area contributed by atoms with Gasteiger partial charge in [0, 0.05) is 51.1 Å². The van der Waals surface area contributed by atoms with E-state index < -0.39 is 0 Å². The predicted octanol–water partition coefficient (Wildman–Crippen LogP) is 2.44. The second-order valence-corrected chi connectivity index (χ2v) is 7.73. The van der Waals surface area contributed by atoms with E-state index in [-0.39, 0.29) is 23.2 Å². The summed E-state index contributed by atoms with van der Waals surface area (Å²) >= 11 is 0. The average molecular weight is 412 g/mol. The van der Waals surface area contributed by atoms with Crippen LogP contribution in [0.3, 0.4) is 0 Å². The molecule has 0 aliphatic heterocycles. The van der Waals surface area contributed by atoms with Gasteiger partial charge >= 0.3 is 0 Å². The molecule has 30 heavy (non-hydrogen) atoms. The quantitative estimate of drug-likeness (QED) is 0.519. The molecule has 1 atom stereocenters. The van der Waals surface area contributed by atoms with Gasteiger partial charge in [-0.15, -0.1) is 0 Å². The summed E-state index contributed by atoms with van der Waals surface area (Å²) in [6.07, 6.45) is 9.96. The highest BCUT2D eigenvalue weighted by molar-refractivity contribution is 5.96. The van der Waals surface area contributed by atoms with Crippen LogP contribution in [0, 0.1) is 5.92 Å². The Kier molecular flexibility index (Phi) is 6.87. The third-order valence-corrected chi connectivity index (χ3v) is 5.59. The maximum atomic E-state index is 12.7. The van der Waals surface area contributed by atoms with Crippen LogP contribution in [0.2, 0.25) is 0 Å². The molecule has 8 heteroatoms. The number of H-pyrrole nitrogens is 1. The van der Waals surface area contributed by atoms with Gasteiger partial charge in [0.25, 0.3) is 5.56 Å². The molecular formula is C22H29N5O3. The van der Waals surface area contributed by atoms with Crippen LogP contribution in [0.25, 0.3) is 5.52 Å². The lowest BCUT2D eigenvalue weighted by molar-refractivity contribution is -0.130. The molecule has 0 aromatic carbocycles. The van der Waals surface area contributed by atoms with Gasteiger partial charge < -0.3 is 18.9 Å². The summed E-state index contributed by atoms with van der Waals surface area (Å²) in [4.78, 5) is 45.7. The zero-order chi connectivity index (χ0) is 21.7. The van der Waals surface area contributed by atoms with Crippen LogP contribution in [0.15, 0.2) is 41.8 Å². The molecule has 0 saturated heterocycles. The Balaban J connectivity index is 1.47. The van der Waals surface area contributed by atoms with Gasteiger partial charge in [0.2, 0.25) is 5.91 Å². The number of fused-ring (bicyclic) bond motifs is 1. The monoisotopic (exact) mass is 411 g/mol. The molecule has 0 radical (unpaired) electrons. The van der Waals surface area contributed by atoms with Crippen molar-refractivity contribution in [3.8, 4) is 0 Å². The number of Topliss-reactive ketones (excluding diaryl/α,β-unsaturated/α-hetero) is 1. The van der Waals surface area contributed by atoms with Crippen LogP contribution in [0.4, 0.5) is 0 Å². The Morgan fingerprint density at radius 1 is 1.33 bits per heavy atom. The average Bonchev–Trinajstić information content (AvgIpc) is 3.37. The van der Waals surface area contributed by atoms with E-state index in [9.17, 15) is 14.4 Å². The number of ketones is 1. The summed E-state index contributed by atoms with van der Waals surface area (Å²) in [5.41, 5.74) is 1.90.